The van der Waals surface area contributed by atoms with E-state index in [1.54, 1.807) is 0 Å². The number of nitriles is 1. The van der Waals surface area contributed by atoms with Crippen LogP contribution in [-0.4, -0.2) is 18.1 Å². The smallest absolute Gasteiger partial charge is 0.236 e. The van der Waals surface area contributed by atoms with Crippen molar-refractivity contribution in [2.45, 2.75) is 26.9 Å². The number of oxazole rings is 1. The summed E-state index contributed by atoms with van der Waals surface area (Å²) in [5, 5.41) is 9.36. The molecule has 24 heavy (non-hydrogen) atoms. The molecule has 1 saturated heterocycles. The third kappa shape index (κ3) is 3.90. The fourth-order valence-electron chi connectivity index (χ4n) is 3.21. The van der Waals surface area contributed by atoms with Crippen LogP contribution < -0.4 is 9.64 Å². The summed E-state index contributed by atoms with van der Waals surface area (Å²) in [7, 11) is 0. The van der Waals surface area contributed by atoms with E-state index in [1.807, 2.05) is 24.3 Å². The maximum absolute atomic E-state index is 9.36. The first kappa shape index (κ1) is 16.8. The highest BCUT2D eigenvalue weighted by Crippen LogP contribution is 2.29. The van der Waals surface area contributed by atoms with E-state index in [0.717, 1.165) is 23.3 Å². The minimum Gasteiger partial charge on any atom is -0.484 e. The Labute approximate surface area is 150 Å². The van der Waals surface area contributed by atoms with Gasteiger partial charge in [0.15, 0.2) is 6.61 Å². The lowest BCUT2D eigenvalue weighted by Gasteiger charge is -2.34. The maximum Gasteiger partial charge on any atom is 0.236 e. The minimum atomic E-state index is 0.204. The summed E-state index contributed by atoms with van der Waals surface area (Å²) in [6.07, 6.45) is 1.20. The molecule has 1 aromatic carbocycles. The summed E-state index contributed by atoms with van der Waals surface area (Å²) in [5.41, 5.74) is 0.339. The number of nitrogens with zero attached hydrogens (tertiary/aromatic N) is 3. The van der Waals surface area contributed by atoms with Crippen LogP contribution >= 0.6 is 15.9 Å². The number of aromatic nitrogens is 1. The zero-order valence-corrected chi connectivity index (χ0v) is 15.4. The average Bonchev–Trinajstić information content (AvgIpc) is 2.97. The number of ether oxygens (including phenoxy) is 1. The number of halogens is 1. The number of hydrogen-bond donors (Lipinski definition) is 0. The van der Waals surface area contributed by atoms with Gasteiger partial charge in [0.2, 0.25) is 17.5 Å². The Bertz CT molecular complexity index is 726. The molecule has 126 valence electrons. The van der Waals surface area contributed by atoms with Gasteiger partial charge in [-0.2, -0.15) is 10.2 Å². The Kier molecular flexibility index (Phi) is 5.10. The highest BCUT2D eigenvalue weighted by molar-refractivity contribution is 9.10. The van der Waals surface area contributed by atoms with Gasteiger partial charge in [-0.05, 0) is 42.5 Å². The van der Waals surface area contributed by atoms with Crippen LogP contribution in [0.3, 0.4) is 0 Å². The molecule has 0 N–H and O–H groups in total. The van der Waals surface area contributed by atoms with Crippen molar-refractivity contribution in [2.75, 3.05) is 18.0 Å². The minimum absolute atomic E-state index is 0.204. The van der Waals surface area contributed by atoms with Crippen LogP contribution in [0.2, 0.25) is 0 Å². The van der Waals surface area contributed by atoms with E-state index in [-0.39, 0.29) is 6.61 Å². The normalized spacial score (nSPS) is 20.7. The molecule has 1 aliphatic rings. The van der Waals surface area contributed by atoms with Gasteiger partial charge in [0.25, 0.3) is 0 Å². The largest absolute Gasteiger partial charge is 0.484 e. The Hall–Kier alpha value is -2.00. The summed E-state index contributed by atoms with van der Waals surface area (Å²) in [6.45, 7) is 6.43. The van der Waals surface area contributed by atoms with E-state index in [9.17, 15) is 5.26 Å². The van der Waals surface area contributed by atoms with Crippen molar-refractivity contribution >= 4 is 21.8 Å². The predicted molar refractivity (Wildman–Crippen MR) is 94.9 cm³/mol. The van der Waals surface area contributed by atoms with Crippen molar-refractivity contribution in [3.63, 3.8) is 0 Å². The second-order valence-electron chi connectivity index (χ2n) is 6.47. The van der Waals surface area contributed by atoms with E-state index in [0.29, 0.717) is 29.3 Å². The maximum atomic E-state index is 9.36. The molecule has 1 fully saturated rings. The first-order valence-electron chi connectivity index (χ1n) is 8.08. The Balaban J connectivity index is 1.73. The molecule has 0 saturated carbocycles. The first-order valence-corrected chi connectivity index (χ1v) is 8.87. The molecule has 0 aliphatic carbocycles. The zero-order valence-electron chi connectivity index (χ0n) is 13.8. The highest BCUT2D eigenvalue weighted by atomic mass is 79.9. The molecule has 0 radical (unpaired) electrons. The van der Waals surface area contributed by atoms with Gasteiger partial charge < -0.3 is 14.1 Å². The topological polar surface area (TPSA) is 62.3 Å². The van der Waals surface area contributed by atoms with E-state index >= 15 is 0 Å². The standard InChI is InChI=1S/C18H20BrN3O2/c1-12-7-13(2)10-22(9-12)18-16(8-20)21-17(24-18)11-23-15-5-3-14(19)4-6-15/h3-6,12-13H,7,9-11H2,1-2H3/t12-,13-/m1/s1. The van der Waals surface area contributed by atoms with E-state index < -0.39 is 0 Å². The first-order chi connectivity index (χ1) is 11.5. The van der Waals surface area contributed by atoms with Crippen LogP contribution in [0.4, 0.5) is 5.88 Å². The van der Waals surface area contributed by atoms with Crippen LogP contribution in [-0.2, 0) is 6.61 Å². The highest BCUT2D eigenvalue weighted by Gasteiger charge is 2.27. The van der Waals surface area contributed by atoms with Gasteiger partial charge in [-0.15, -0.1) is 0 Å². The molecule has 6 heteroatoms. The number of piperidine rings is 1. The molecule has 0 bridgehead atoms. The van der Waals surface area contributed by atoms with Gasteiger partial charge in [0.05, 0.1) is 0 Å². The van der Waals surface area contributed by atoms with Gasteiger partial charge in [-0.3, -0.25) is 0 Å². The Morgan fingerprint density at radius 3 is 2.58 bits per heavy atom. The fraction of sp³-hybridized carbons (Fsp3) is 0.444. The summed E-state index contributed by atoms with van der Waals surface area (Å²) in [4.78, 5) is 6.42. The fourth-order valence-corrected chi connectivity index (χ4v) is 3.47. The molecule has 1 aliphatic heterocycles. The third-order valence-corrected chi connectivity index (χ3v) is 4.62. The van der Waals surface area contributed by atoms with Crippen LogP contribution in [0.15, 0.2) is 33.2 Å². The molecule has 2 heterocycles. The quantitative estimate of drug-likeness (QED) is 0.776. The molecular weight excluding hydrogens is 370 g/mol. The SMILES string of the molecule is C[C@@H]1C[C@@H](C)CN(c2oc(COc3ccc(Br)cc3)nc2C#N)C1. The summed E-state index contributed by atoms with van der Waals surface area (Å²) in [6, 6.07) is 9.70. The monoisotopic (exact) mass is 389 g/mol. The van der Waals surface area contributed by atoms with Crippen molar-refractivity contribution in [1.82, 2.24) is 4.98 Å². The number of rotatable bonds is 4. The molecule has 0 unspecified atom stereocenters. The third-order valence-electron chi connectivity index (χ3n) is 4.09. The molecule has 2 aromatic rings. The molecule has 3 rings (SSSR count). The van der Waals surface area contributed by atoms with E-state index in [1.165, 1.54) is 6.42 Å². The van der Waals surface area contributed by atoms with E-state index in [2.05, 4.69) is 45.7 Å². The molecular formula is C18H20BrN3O2. The molecule has 5 nitrogen and oxygen atoms in total. The van der Waals surface area contributed by atoms with Crippen molar-refractivity contribution in [3.05, 3.63) is 40.3 Å². The lowest BCUT2D eigenvalue weighted by molar-refractivity contribution is 0.260. The summed E-state index contributed by atoms with van der Waals surface area (Å²) >= 11 is 3.39. The average molecular weight is 390 g/mol. The second kappa shape index (κ2) is 7.27. The van der Waals surface area contributed by atoms with Crippen molar-refractivity contribution in [1.29, 1.82) is 5.26 Å². The van der Waals surface area contributed by atoms with Crippen molar-refractivity contribution in [2.24, 2.45) is 11.8 Å². The predicted octanol–water partition coefficient (Wildman–Crippen LogP) is 4.37. The van der Waals surface area contributed by atoms with Crippen molar-refractivity contribution < 1.29 is 9.15 Å². The van der Waals surface area contributed by atoms with Gasteiger partial charge in [-0.1, -0.05) is 29.8 Å². The Morgan fingerprint density at radius 2 is 1.96 bits per heavy atom. The molecule has 1 aromatic heterocycles. The van der Waals surface area contributed by atoms with Crippen molar-refractivity contribution in [3.8, 4) is 11.8 Å². The lowest BCUT2D eigenvalue weighted by Crippen LogP contribution is -2.38. The van der Waals surface area contributed by atoms with Gasteiger partial charge in [0.1, 0.15) is 11.8 Å². The molecule has 2 atom stereocenters. The number of benzene rings is 1. The molecule has 0 spiro atoms. The van der Waals surface area contributed by atoms with Gasteiger partial charge in [-0.25, -0.2) is 0 Å². The van der Waals surface area contributed by atoms with Crippen LogP contribution in [0.5, 0.6) is 5.75 Å². The van der Waals surface area contributed by atoms with Crippen LogP contribution in [0, 0.1) is 23.2 Å². The van der Waals surface area contributed by atoms with Crippen LogP contribution in [0.1, 0.15) is 31.9 Å². The van der Waals surface area contributed by atoms with Gasteiger partial charge in [0, 0.05) is 17.6 Å². The Morgan fingerprint density at radius 1 is 1.29 bits per heavy atom. The van der Waals surface area contributed by atoms with Crippen LogP contribution in [0.25, 0.3) is 0 Å². The second-order valence-corrected chi connectivity index (χ2v) is 7.38. The number of anilines is 1. The lowest BCUT2D eigenvalue weighted by atomic mass is 9.92. The number of hydrogen-bond acceptors (Lipinski definition) is 5. The summed E-state index contributed by atoms with van der Waals surface area (Å²) in [5.74, 6) is 2.89. The summed E-state index contributed by atoms with van der Waals surface area (Å²) < 4.78 is 12.5. The van der Waals surface area contributed by atoms with E-state index in [4.69, 9.17) is 9.15 Å². The zero-order chi connectivity index (χ0) is 17.1. The molecule has 0 amide bonds. The van der Waals surface area contributed by atoms with Gasteiger partial charge >= 0.3 is 0 Å².